The van der Waals surface area contributed by atoms with Crippen molar-refractivity contribution in [3.63, 3.8) is 0 Å². The monoisotopic (exact) mass is 222 g/mol. The van der Waals surface area contributed by atoms with E-state index in [2.05, 4.69) is 32.9 Å². The highest BCUT2D eigenvalue weighted by Crippen LogP contribution is 2.24. The summed E-state index contributed by atoms with van der Waals surface area (Å²) in [6, 6.07) is 8.08. The van der Waals surface area contributed by atoms with Gasteiger partial charge in [-0.05, 0) is 23.5 Å². The van der Waals surface area contributed by atoms with E-state index < -0.39 is 6.10 Å². The molecule has 0 heterocycles. The van der Waals surface area contributed by atoms with Gasteiger partial charge in [0.25, 0.3) is 0 Å². The van der Waals surface area contributed by atoms with Gasteiger partial charge in [-0.3, -0.25) is 0 Å². The van der Waals surface area contributed by atoms with Crippen molar-refractivity contribution < 1.29 is 9.84 Å². The molecule has 16 heavy (non-hydrogen) atoms. The molecular formula is C14H22O2. The van der Waals surface area contributed by atoms with Gasteiger partial charge in [0, 0.05) is 7.11 Å². The highest BCUT2D eigenvalue weighted by Gasteiger charge is 2.23. The minimum absolute atomic E-state index is 0.146. The summed E-state index contributed by atoms with van der Waals surface area (Å²) < 4.78 is 5.35. The zero-order valence-corrected chi connectivity index (χ0v) is 10.6. The number of rotatable bonds is 5. The first-order valence-corrected chi connectivity index (χ1v) is 5.89. The predicted molar refractivity (Wildman–Crippen MR) is 66.4 cm³/mol. The van der Waals surface area contributed by atoms with Crippen LogP contribution in [0.3, 0.4) is 0 Å². The first-order valence-electron chi connectivity index (χ1n) is 5.89. The van der Waals surface area contributed by atoms with Crippen molar-refractivity contribution in [3.05, 3.63) is 35.4 Å². The molecule has 2 unspecified atom stereocenters. The number of ether oxygens (including phenoxy) is 1. The second-order valence-corrected chi connectivity index (χ2v) is 4.49. The third-order valence-electron chi connectivity index (χ3n) is 2.94. The highest BCUT2D eigenvalue weighted by molar-refractivity contribution is 5.25. The molecule has 2 heteroatoms. The Labute approximate surface area is 98.3 Å². The Bertz CT molecular complexity index is 320. The van der Waals surface area contributed by atoms with Crippen LogP contribution >= 0.6 is 0 Å². The standard InChI is InChI=1S/C14H22O2/c1-5-11-7-6-8-12(9-11)13(15)14(16-4)10(2)3/h6-10,13-15H,5H2,1-4H3. The molecule has 2 nitrogen and oxygen atoms in total. The van der Waals surface area contributed by atoms with Gasteiger partial charge < -0.3 is 9.84 Å². The topological polar surface area (TPSA) is 29.5 Å². The molecule has 0 aliphatic carbocycles. The smallest absolute Gasteiger partial charge is 0.105 e. The summed E-state index contributed by atoms with van der Waals surface area (Å²) in [5.74, 6) is 0.297. The highest BCUT2D eigenvalue weighted by atomic mass is 16.5. The van der Waals surface area contributed by atoms with Crippen LogP contribution < -0.4 is 0 Å². The number of benzene rings is 1. The number of aliphatic hydroxyl groups is 1. The summed E-state index contributed by atoms with van der Waals surface area (Å²) in [5.41, 5.74) is 2.19. The van der Waals surface area contributed by atoms with Gasteiger partial charge in [-0.1, -0.05) is 45.0 Å². The van der Waals surface area contributed by atoms with Crippen LogP contribution in [0, 0.1) is 5.92 Å². The summed E-state index contributed by atoms with van der Waals surface area (Å²) in [5, 5.41) is 10.2. The maximum absolute atomic E-state index is 10.2. The summed E-state index contributed by atoms with van der Waals surface area (Å²) in [6.45, 7) is 6.23. The van der Waals surface area contributed by atoms with Crippen LogP contribution in [0.2, 0.25) is 0 Å². The fourth-order valence-corrected chi connectivity index (χ4v) is 1.95. The van der Waals surface area contributed by atoms with Crippen molar-refractivity contribution in [2.24, 2.45) is 5.92 Å². The molecule has 0 amide bonds. The first-order chi connectivity index (χ1) is 7.60. The maximum atomic E-state index is 10.2. The number of hydrogen-bond acceptors (Lipinski definition) is 2. The molecule has 0 fully saturated rings. The number of methoxy groups -OCH3 is 1. The Morgan fingerprint density at radius 1 is 1.31 bits per heavy atom. The van der Waals surface area contributed by atoms with E-state index in [1.165, 1.54) is 5.56 Å². The van der Waals surface area contributed by atoms with Crippen LogP contribution in [0.25, 0.3) is 0 Å². The molecule has 1 N–H and O–H groups in total. The molecule has 0 bridgehead atoms. The molecule has 1 aromatic carbocycles. The van der Waals surface area contributed by atoms with E-state index >= 15 is 0 Å². The minimum Gasteiger partial charge on any atom is -0.386 e. The average Bonchev–Trinajstić information content (AvgIpc) is 2.29. The van der Waals surface area contributed by atoms with Crippen molar-refractivity contribution in [2.75, 3.05) is 7.11 Å². The molecule has 0 saturated heterocycles. The Balaban J connectivity index is 2.89. The van der Waals surface area contributed by atoms with E-state index in [4.69, 9.17) is 4.74 Å². The van der Waals surface area contributed by atoms with Gasteiger partial charge >= 0.3 is 0 Å². The lowest BCUT2D eigenvalue weighted by Crippen LogP contribution is -2.26. The van der Waals surface area contributed by atoms with E-state index in [0.717, 1.165) is 12.0 Å². The van der Waals surface area contributed by atoms with Gasteiger partial charge in [0.1, 0.15) is 6.10 Å². The minimum atomic E-state index is -0.545. The van der Waals surface area contributed by atoms with Gasteiger partial charge in [-0.2, -0.15) is 0 Å². The quantitative estimate of drug-likeness (QED) is 0.830. The van der Waals surface area contributed by atoms with E-state index in [9.17, 15) is 5.11 Å². The normalized spacial score (nSPS) is 15.1. The number of hydrogen-bond donors (Lipinski definition) is 1. The lowest BCUT2D eigenvalue weighted by Gasteiger charge is -2.25. The molecule has 0 spiro atoms. The molecule has 1 rings (SSSR count). The van der Waals surface area contributed by atoms with Gasteiger partial charge in [0.2, 0.25) is 0 Å². The van der Waals surface area contributed by atoms with Gasteiger partial charge in [-0.25, -0.2) is 0 Å². The van der Waals surface area contributed by atoms with Gasteiger partial charge in [0.15, 0.2) is 0 Å². The SMILES string of the molecule is CCc1cccc(C(O)C(OC)C(C)C)c1. The number of aryl methyl sites for hydroxylation is 1. The van der Waals surface area contributed by atoms with Gasteiger partial charge in [-0.15, -0.1) is 0 Å². The zero-order valence-electron chi connectivity index (χ0n) is 10.6. The predicted octanol–water partition coefficient (Wildman–Crippen LogP) is 2.95. The molecule has 0 aromatic heterocycles. The molecule has 2 atom stereocenters. The third kappa shape index (κ3) is 3.06. The molecule has 1 aromatic rings. The molecule has 90 valence electrons. The van der Waals surface area contributed by atoms with E-state index in [0.29, 0.717) is 5.92 Å². The second kappa shape index (κ2) is 6.02. The number of aliphatic hydroxyl groups excluding tert-OH is 1. The van der Waals surface area contributed by atoms with Crippen LogP contribution in [0.4, 0.5) is 0 Å². The fourth-order valence-electron chi connectivity index (χ4n) is 1.95. The van der Waals surface area contributed by atoms with E-state index in [1.807, 2.05) is 12.1 Å². The van der Waals surface area contributed by atoms with Crippen molar-refractivity contribution in [2.45, 2.75) is 39.4 Å². The van der Waals surface area contributed by atoms with Crippen LogP contribution in [-0.2, 0) is 11.2 Å². The van der Waals surface area contributed by atoms with Gasteiger partial charge in [0.05, 0.1) is 6.10 Å². The van der Waals surface area contributed by atoms with E-state index in [1.54, 1.807) is 7.11 Å². The third-order valence-corrected chi connectivity index (χ3v) is 2.94. The lowest BCUT2D eigenvalue weighted by molar-refractivity contribution is -0.0391. The summed E-state index contributed by atoms with van der Waals surface area (Å²) in [4.78, 5) is 0. The molecule has 0 radical (unpaired) electrons. The average molecular weight is 222 g/mol. The Hall–Kier alpha value is -0.860. The molecule has 0 saturated carbocycles. The molecule has 0 aliphatic heterocycles. The zero-order chi connectivity index (χ0) is 12.1. The largest absolute Gasteiger partial charge is 0.386 e. The molecular weight excluding hydrogens is 200 g/mol. The first kappa shape index (κ1) is 13.2. The fraction of sp³-hybridized carbons (Fsp3) is 0.571. The van der Waals surface area contributed by atoms with E-state index in [-0.39, 0.29) is 6.10 Å². The van der Waals surface area contributed by atoms with Crippen molar-refractivity contribution >= 4 is 0 Å². The van der Waals surface area contributed by atoms with Crippen molar-refractivity contribution in [1.82, 2.24) is 0 Å². The lowest BCUT2D eigenvalue weighted by atomic mass is 9.94. The Kier molecular flexibility index (Phi) is 4.97. The maximum Gasteiger partial charge on any atom is 0.105 e. The van der Waals surface area contributed by atoms with Crippen LogP contribution in [0.1, 0.15) is 38.0 Å². The summed E-state index contributed by atoms with van der Waals surface area (Å²) >= 11 is 0. The van der Waals surface area contributed by atoms with Crippen LogP contribution in [0.5, 0.6) is 0 Å². The van der Waals surface area contributed by atoms with Crippen molar-refractivity contribution in [1.29, 1.82) is 0 Å². The molecule has 0 aliphatic rings. The van der Waals surface area contributed by atoms with Crippen molar-refractivity contribution in [3.8, 4) is 0 Å². The second-order valence-electron chi connectivity index (χ2n) is 4.49. The van der Waals surface area contributed by atoms with Crippen LogP contribution in [0.15, 0.2) is 24.3 Å². The Morgan fingerprint density at radius 2 is 2.00 bits per heavy atom. The Morgan fingerprint density at radius 3 is 2.50 bits per heavy atom. The van der Waals surface area contributed by atoms with Crippen LogP contribution in [-0.4, -0.2) is 18.3 Å². The summed E-state index contributed by atoms with van der Waals surface area (Å²) in [6.07, 6.45) is 0.295. The summed E-state index contributed by atoms with van der Waals surface area (Å²) in [7, 11) is 1.65.